The maximum Gasteiger partial charge on any atom is 0.316 e. The van der Waals surface area contributed by atoms with E-state index in [-0.39, 0.29) is 5.91 Å². The van der Waals surface area contributed by atoms with Crippen molar-refractivity contribution in [2.24, 2.45) is 5.73 Å². The molecule has 0 saturated heterocycles. The molecule has 106 valence electrons. The Morgan fingerprint density at radius 3 is 2.57 bits per heavy atom. The van der Waals surface area contributed by atoms with Gasteiger partial charge in [-0.2, -0.15) is 0 Å². The van der Waals surface area contributed by atoms with Crippen molar-refractivity contribution < 1.29 is 14.3 Å². The lowest BCUT2D eigenvalue weighted by atomic mass is 10.1. The van der Waals surface area contributed by atoms with Crippen molar-refractivity contribution in [2.75, 3.05) is 5.32 Å². The van der Waals surface area contributed by atoms with Gasteiger partial charge >= 0.3 is 6.03 Å². The first-order valence-corrected chi connectivity index (χ1v) is 6.37. The average molecular weight is 283 g/mol. The summed E-state index contributed by atoms with van der Waals surface area (Å²) >= 11 is 0. The molecule has 2 aromatic rings. The maximum absolute atomic E-state index is 11.5. The molecule has 3 rings (SSSR count). The van der Waals surface area contributed by atoms with Crippen LogP contribution in [0.15, 0.2) is 42.5 Å². The fourth-order valence-electron chi connectivity index (χ4n) is 2.16. The molecule has 0 spiro atoms. The molecule has 1 aliphatic heterocycles. The molecule has 1 aliphatic rings. The highest BCUT2D eigenvalue weighted by Crippen LogP contribution is 2.27. The van der Waals surface area contributed by atoms with Crippen LogP contribution in [0.3, 0.4) is 0 Å². The third kappa shape index (κ3) is 2.79. The van der Waals surface area contributed by atoms with E-state index in [4.69, 9.17) is 10.5 Å². The number of fused-ring (bicyclic) bond motifs is 1. The molecule has 4 N–H and O–H groups in total. The average Bonchev–Trinajstić information content (AvgIpc) is 2.82. The van der Waals surface area contributed by atoms with Crippen LogP contribution >= 0.6 is 0 Å². The second-order valence-corrected chi connectivity index (χ2v) is 4.62. The summed E-state index contributed by atoms with van der Waals surface area (Å²) in [5.74, 6) is 1.22. The molecule has 6 nitrogen and oxygen atoms in total. The number of carbonyl (C=O) groups excluding carboxylic acids is 2. The van der Waals surface area contributed by atoms with Gasteiger partial charge in [0.15, 0.2) is 0 Å². The minimum atomic E-state index is -0.612. The third-order valence-corrected chi connectivity index (χ3v) is 3.12. The van der Waals surface area contributed by atoms with Crippen LogP contribution in [0, 0.1) is 0 Å². The first kappa shape index (κ1) is 13.0. The van der Waals surface area contributed by atoms with Gasteiger partial charge in [0.25, 0.3) is 5.91 Å². The van der Waals surface area contributed by atoms with E-state index in [0.717, 1.165) is 5.56 Å². The second kappa shape index (κ2) is 5.16. The lowest BCUT2D eigenvalue weighted by Gasteiger charge is -2.08. The lowest BCUT2D eigenvalue weighted by molar-refractivity contribution is 0.0965. The summed E-state index contributed by atoms with van der Waals surface area (Å²) < 4.78 is 5.72. The molecule has 3 amide bonds. The Morgan fingerprint density at radius 1 is 1.14 bits per heavy atom. The zero-order valence-corrected chi connectivity index (χ0v) is 11.1. The molecule has 6 heteroatoms. The minimum absolute atomic E-state index is 0.0570. The third-order valence-electron chi connectivity index (χ3n) is 3.12. The summed E-state index contributed by atoms with van der Waals surface area (Å²) in [6, 6.07) is 11.6. The van der Waals surface area contributed by atoms with Crippen LogP contribution in [0.5, 0.6) is 11.5 Å². The predicted octanol–water partition coefficient (Wildman–Crippen LogP) is 2.21. The van der Waals surface area contributed by atoms with Crippen LogP contribution in [0.1, 0.15) is 15.9 Å². The molecule has 0 aromatic heterocycles. The number of rotatable bonds is 3. The first-order valence-electron chi connectivity index (χ1n) is 6.37. The molecule has 1 heterocycles. The predicted molar refractivity (Wildman–Crippen MR) is 77.3 cm³/mol. The van der Waals surface area contributed by atoms with Crippen LogP contribution in [0.25, 0.3) is 0 Å². The van der Waals surface area contributed by atoms with Gasteiger partial charge in [0.1, 0.15) is 11.5 Å². The van der Waals surface area contributed by atoms with Crippen LogP contribution < -0.4 is 21.1 Å². The van der Waals surface area contributed by atoms with Gasteiger partial charge in [-0.15, -0.1) is 0 Å². The van der Waals surface area contributed by atoms with Gasteiger partial charge in [-0.3, -0.25) is 4.79 Å². The summed E-state index contributed by atoms with van der Waals surface area (Å²) in [7, 11) is 0. The Labute approximate surface area is 120 Å². The molecule has 0 aliphatic carbocycles. The summed E-state index contributed by atoms with van der Waals surface area (Å²) in [4.78, 5) is 22.2. The summed E-state index contributed by atoms with van der Waals surface area (Å²) in [5.41, 5.74) is 7.24. The molecular formula is C15H13N3O3. The van der Waals surface area contributed by atoms with E-state index in [1.54, 1.807) is 36.4 Å². The van der Waals surface area contributed by atoms with E-state index in [9.17, 15) is 9.59 Å². The Kier molecular flexibility index (Phi) is 3.19. The number of nitrogens with one attached hydrogen (secondary N) is 2. The van der Waals surface area contributed by atoms with Crippen molar-refractivity contribution in [2.45, 2.75) is 6.54 Å². The van der Waals surface area contributed by atoms with E-state index < -0.39 is 6.03 Å². The monoisotopic (exact) mass is 283 g/mol. The van der Waals surface area contributed by atoms with Gasteiger partial charge in [-0.25, -0.2) is 4.79 Å². The number of hydrogen-bond acceptors (Lipinski definition) is 3. The molecule has 21 heavy (non-hydrogen) atoms. The van der Waals surface area contributed by atoms with E-state index >= 15 is 0 Å². The minimum Gasteiger partial charge on any atom is -0.457 e. The zero-order chi connectivity index (χ0) is 14.8. The molecule has 0 unspecified atom stereocenters. The normalized spacial score (nSPS) is 12.5. The number of carbonyl (C=O) groups is 2. The fourth-order valence-corrected chi connectivity index (χ4v) is 2.16. The Hall–Kier alpha value is -3.02. The van der Waals surface area contributed by atoms with Crippen molar-refractivity contribution in [3.8, 4) is 11.5 Å². The van der Waals surface area contributed by atoms with Crippen molar-refractivity contribution in [3.63, 3.8) is 0 Å². The van der Waals surface area contributed by atoms with Gasteiger partial charge < -0.3 is 21.1 Å². The van der Waals surface area contributed by atoms with E-state index in [1.165, 1.54) is 0 Å². The number of benzene rings is 2. The van der Waals surface area contributed by atoms with Crippen LogP contribution in [-0.2, 0) is 6.54 Å². The molecule has 0 radical (unpaired) electrons. The highest BCUT2D eigenvalue weighted by atomic mass is 16.5. The topological polar surface area (TPSA) is 93.5 Å². The van der Waals surface area contributed by atoms with Crippen LogP contribution in [0.4, 0.5) is 10.5 Å². The Bertz CT molecular complexity index is 711. The van der Waals surface area contributed by atoms with E-state index in [2.05, 4.69) is 10.6 Å². The van der Waals surface area contributed by atoms with Crippen LogP contribution in [-0.4, -0.2) is 11.9 Å². The number of hydrogen-bond donors (Lipinski definition) is 3. The van der Waals surface area contributed by atoms with Crippen molar-refractivity contribution in [3.05, 3.63) is 53.6 Å². The summed E-state index contributed by atoms with van der Waals surface area (Å²) in [5, 5.41) is 5.23. The highest BCUT2D eigenvalue weighted by Gasteiger charge is 2.18. The van der Waals surface area contributed by atoms with Gasteiger partial charge in [-0.05, 0) is 48.0 Å². The molecular weight excluding hydrogens is 270 g/mol. The molecule has 0 fully saturated rings. The lowest BCUT2D eigenvalue weighted by Crippen LogP contribution is -2.19. The van der Waals surface area contributed by atoms with E-state index in [1.807, 2.05) is 6.07 Å². The van der Waals surface area contributed by atoms with E-state index in [0.29, 0.717) is 29.3 Å². The van der Waals surface area contributed by atoms with Gasteiger partial charge in [-0.1, -0.05) is 0 Å². The van der Waals surface area contributed by atoms with Crippen LogP contribution in [0.2, 0.25) is 0 Å². The number of anilines is 1. The molecule has 0 saturated carbocycles. The Balaban J connectivity index is 1.75. The molecule has 0 bridgehead atoms. The number of urea groups is 1. The smallest absolute Gasteiger partial charge is 0.316 e. The van der Waals surface area contributed by atoms with Crippen molar-refractivity contribution >= 4 is 17.6 Å². The standard InChI is InChI=1S/C15H13N3O3/c16-15(20)18-10-1-3-11(4-2-10)21-12-5-6-13-9(7-12)8-17-14(13)19/h1-7H,8H2,(H,17,19)(H3,16,18,20). The van der Waals surface area contributed by atoms with Gasteiger partial charge in [0, 0.05) is 17.8 Å². The first-order chi connectivity index (χ1) is 10.1. The largest absolute Gasteiger partial charge is 0.457 e. The number of primary amides is 1. The quantitative estimate of drug-likeness (QED) is 0.806. The molecule has 0 atom stereocenters. The Morgan fingerprint density at radius 2 is 1.86 bits per heavy atom. The van der Waals surface area contributed by atoms with Gasteiger partial charge in [0.05, 0.1) is 0 Å². The fraction of sp³-hybridized carbons (Fsp3) is 0.0667. The second-order valence-electron chi connectivity index (χ2n) is 4.62. The van der Waals surface area contributed by atoms with Crippen molar-refractivity contribution in [1.29, 1.82) is 0 Å². The molecule has 2 aromatic carbocycles. The SMILES string of the molecule is NC(=O)Nc1ccc(Oc2ccc3c(c2)CNC3=O)cc1. The summed E-state index contributed by atoms with van der Waals surface area (Å²) in [6.07, 6.45) is 0. The number of ether oxygens (including phenoxy) is 1. The zero-order valence-electron chi connectivity index (χ0n) is 11.1. The highest BCUT2D eigenvalue weighted by molar-refractivity contribution is 5.98. The van der Waals surface area contributed by atoms with Crippen molar-refractivity contribution in [1.82, 2.24) is 5.32 Å². The number of amides is 3. The summed E-state index contributed by atoms with van der Waals surface area (Å²) in [6.45, 7) is 0.521. The van der Waals surface area contributed by atoms with Gasteiger partial charge in [0.2, 0.25) is 0 Å². The maximum atomic E-state index is 11.5. The number of nitrogens with two attached hydrogens (primary N) is 1.